The molecule has 1 atom stereocenters. The molecule has 0 unspecified atom stereocenters. The molecule has 0 saturated carbocycles. The normalized spacial score (nSPS) is 15.5. The number of aromatic carboxylic acids is 1. The van der Waals surface area contributed by atoms with Gasteiger partial charge in [0.1, 0.15) is 18.0 Å². The molecule has 178 valence electrons. The van der Waals surface area contributed by atoms with Crippen LogP contribution in [0.4, 0.5) is 10.1 Å². The number of pyridine rings is 2. The molecule has 4 aromatic rings. The fraction of sp³-hybridized carbons (Fsp3) is 0.222. The lowest BCUT2D eigenvalue weighted by Crippen LogP contribution is -2.35. The van der Waals surface area contributed by atoms with Crippen LogP contribution in [-0.4, -0.2) is 39.8 Å². The van der Waals surface area contributed by atoms with Gasteiger partial charge in [-0.25, -0.2) is 14.2 Å². The second-order valence-electron chi connectivity index (χ2n) is 8.68. The number of fused-ring (bicyclic) bond motifs is 1. The molecule has 7 nitrogen and oxygen atoms in total. The number of carboxylic acids is 1. The van der Waals surface area contributed by atoms with Gasteiger partial charge in [0.25, 0.3) is 0 Å². The van der Waals surface area contributed by atoms with Crippen LogP contribution in [-0.2, 0) is 0 Å². The number of halogens is 1. The molecule has 5 rings (SSSR count). The molecule has 35 heavy (non-hydrogen) atoms. The average molecular weight is 474 g/mol. The smallest absolute Gasteiger partial charge is 0.341 e. The van der Waals surface area contributed by atoms with Gasteiger partial charge in [-0.3, -0.25) is 4.79 Å². The number of para-hydroxylation sites is 1. The second-order valence-corrected chi connectivity index (χ2v) is 8.68. The third-order valence-electron chi connectivity index (χ3n) is 6.33. The molecule has 1 saturated heterocycles. The summed E-state index contributed by atoms with van der Waals surface area (Å²) in [7, 11) is 0. The van der Waals surface area contributed by atoms with Crippen LogP contribution in [0, 0.1) is 12.7 Å². The Hall–Kier alpha value is -4.20. The van der Waals surface area contributed by atoms with Crippen molar-refractivity contribution < 1.29 is 19.0 Å². The molecular weight excluding hydrogens is 449 g/mol. The van der Waals surface area contributed by atoms with Gasteiger partial charge in [-0.05, 0) is 49.6 Å². The molecule has 3 heterocycles. The van der Waals surface area contributed by atoms with Crippen LogP contribution >= 0.6 is 0 Å². The first-order chi connectivity index (χ1) is 16.9. The molecular formula is C27H24FN3O4. The van der Waals surface area contributed by atoms with Crippen LogP contribution in [0.25, 0.3) is 16.6 Å². The fourth-order valence-electron chi connectivity index (χ4n) is 4.56. The molecule has 8 heteroatoms. The Labute approximate surface area is 201 Å². The van der Waals surface area contributed by atoms with Crippen LogP contribution in [0.15, 0.2) is 71.8 Å². The van der Waals surface area contributed by atoms with Gasteiger partial charge >= 0.3 is 5.97 Å². The molecule has 2 aromatic carbocycles. The number of hydrogen-bond acceptors (Lipinski definition) is 5. The molecule has 2 aromatic heterocycles. The van der Waals surface area contributed by atoms with E-state index < -0.39 is 22.8 Å². The highest BCUT2D eigenvalue weighted by molar-refractivity contribution is 5.94. The van der Waals surface area contributed by atoms with Crippen molar-refractivity contribution in [3.63, 3.8) is 0 Å². The van der Waals surface area contributed by atoms with E-state index in [2.05, 4.69) is 4.98 Å². The van der Waals surface area contributed by atoms with Gasteiger partial charge in [-0.1, -0.05) is 24.3 Å². The lowest BCUT2D eigenvalue weighted by Gasteiger charge is -2.27. The third kappa shape index (κ3) is 4.35. The summed E-state index contributed by atoms with van der Waals surface area (Å²) in [4.78, 5) is 30.8. The predicted molar refractivity (Wildman–Crippen MR) is 131 cm³/mol. The molecule has 0 radical (unpaired) electrons. The predicted octanol–water partition coefficient (Wildman–Crippen LogP) is 4.58. The van der Waals surface area contributed by atoms with Crippen LogP contribution in [0.3, 0.4) is 0 Å². The van der Waals surface area contributed by atoms with Crippen molar-refractivity contribution in [2.24, 2.45) is 0 Å². The quantitative estimate of drug-likeness (QED) is 0.441. The Kier molecular flexibility index (Phi) is 5.94. The van der Waals surface area contributed by atoms with Crippen molar-refractivity contribution in [2.75, 3.05) is 18.1 Å². The van der Waals surface area contributed by atoms with Crippen molar-refractivity contribution in [2.45, 2.75) is 25.8 Å². The Balaban J connectivity index is 1.57. The van der Waals surface area contributed by atoms with Crippen molar-refractivity contribution >= 4 is 22.6 Å². The Morgan fingerprint density at radius 3 is 2.71 bits per heavy atom. The number of rotatable bonds is 6. The zero-order chi connectivity index (χ0) is 24.5. The van der Waals surface area contributed by atoms with E-state index in [0.29, 0.717) is 35.9 Å². The summed E-state index contributed by atoms with van der Waals surface area (Å²) in [6, 6.07) is 15.5. The number of benzene rings is 2. The summed E-state index contributed by atoms with van der Waals surface area (Å²) in [5.74, 6) is -1.41. The number of anilines is 1. The Morgan fingerprint density at radius 2 is 2.00 bits per heavy atom. The van der Waals surface area contributed by atoms with E-state index >= 15 is 4.39 Å². The number of nitrogens with zero attached hydrogens (tertiary/aromatic N) is 3. The highest BCUT2D eigenvalue weighted by Gasteiger charge is 2.29. The minimum absolute atomic E-state index is 0.0193. The largest absolute Gasteiger partial charge is 0.477 e. The summed E-state index contributed by atoms with van der Waals surface area (Å²) in [6.07, 6.45) is 4.74. The molecule has 0 aliphatic carbocycles. The van der Waals surface area contributed by atoms with E-state index in [1.165, 1.54) is 6.20 Å². The van der Waals surface area contributed by atoms with Gasteiger partial charge in [0.15, 0.2) is 0 Å². The molecule has 0 bridgehead atoms. The van der Waals surface area contributed by atoms with Crippen molar-refractivity contribution in [1.29, 1.82) is 0 Å². The lowest BCUT2D eigenvalue weighted by molar-refractivity contribution is 0.0695. The van der Waals surface area contributed by atoms with Crippen LogP contribution in [0.5, 0.6) is 5.88 Å². The maximum absolute atomic E-state index is 15.4. The van der Waals surface area contributed by atoms with E-state index in [1.54, 1.807) is 29.0 Å². The maximum atomic E-state index is 15.4. The second kappa shape index (κ2) is 9.21. The summed E-state index contributed by atoms with van der Waals surface area (Å²) in [6.45, 7) is 2.93. The van der Waals surface area contributed by atoms with Crippen LogP contribution in [0.1, 0.15) is 28.8 Å². The number of aromatic nitrogens is 2. The van der Waals surface area contributed by atoms with Gasteiger partial charge in [0.2, 0.25) is 11.3 Å². The zero-order valence-corrected chi connectivity index (χ0v) is 19.1. The average Bonchev–Trinajstić information content (AvgIpc) is 3.32. The first-order valence-electron chi connectivity index (χ1n) is 11.4. The topological polar surface area (TPSA) is 84.7 Å². The maximum Gasteiger partial charge on any atom is 0.341 e. The van der Waals surface area contributed by atoms with Crippen molar-refractivity contribution in [3.05, 3.63) is 94.2 Å². The van der Waals surface area contributed by atoms with E-state index in [1.807, 2.05) is 42.2 Å². The first-order valence-corrected chi connectivity index (χ1v) is 11.4. The van der Waals surface area contributed by atoms with Gasteiger partial charge in [-0.2, -0.15) is 0 Å². The number of hydrogen-bond donors (Lipinski definition) is 1. The van der Waals surface area contributed by atoms with E-state index in [0.717, 1.165) is 24.5 Å². The zero-order valence-electron chi connectivity index (χ0n) is 19.1. The van der Waals surface area contributed by atoms with E-state index in [-0.39, 0.29) is 11.4 Å². The Bertz CT molecular complexity index is 1450. The van der Waals surface area contributed by atoms with Crippen LogP contribution < -0.4 is 15.1 Å². The highest BCUT2D eigenvalue weighted by atomic mass is 19.1. The van der Waals surface area contributed by atoms with Gasteiger partial charge < -0.3 is 19.3 Å². The summed E-state index contributed by atoms with van der Waals surface area (Å²) < 4.78 is 22.9. The van der Waals surface area contributed by atoms with Crippen molar-refractivity contribution in [3.8, 4) is 11.6 Å². The van der Waals surface area contributed by atoms with Gasteiger partial charge in [-0.15, -0.1) is 0 Å². The number of carboxylic acid groups (broad SMARTS) is 1. The fourth-order valence-corrected chi connectivity index (χ4v) is 4.56. The molecule has 1 aliphatic heterocycles. The number of ether oxygens (including phenoxy) is 1. The molecule has 1 N–H and O–H groups in total. The summed E-state index contributed by atoms with van der Waals surface area (Å²) in [5, 5.41) is 9.58. The van der Waals surface area contributed by atoms with Crippen molar-refractivity contribution in [1.82, 2.24) is 9.55 Å². The monoisotopic (exact) mass is 473 g/mol. The minimum Gasteiger partial charge on any atom is -0.477 e. The molecule has 1 fully saturated rings. The summed E-state index contributed by atoms with van der Waals surface area (Å²) >= 11 is 0. The number of aryl methyl sites for hydroxylation is 1. The molecule has 1 aliphatic rings. The van der Waals surface area contributed by atoms with E-state index in [9.17, 15) is 14.7 Å². The van der Waals surface area contributed by atoms with Gasteiger partial charge in [0.05, 0.1) is 17.2 Å². The van der Waals surface area contributed by atoms with Gasteiger partial charge in [0, 0.05) is 36.1 Å². The Morgan fingerprint density at radius 1 is 1.20 bits per heavy atom. The number of carbonyl (C=O) groups is 1. The molecule has 0 amide bonds. The SMILES string of the molecule is Cc1ccc(OC[C@H]2CCCN2c2cc3c(cc2F)c(=O)c(C(=O)O)cn3-c2ccccc2)nc1. The minimum atomic E-state index is -1.35. The van der Waals surface area contributed by atoms with E-state index in [4.69, 9.17) is 4.74 Å². The summed E-state index contributed by atoms with van der Waals surface area (Å²) in [5.41, 5.74) is 1.38. The third-order valence-corrected chi connectivity index (χ3v) is 6.33. The van der Waals surface area contributed by atoms with Crippen LogP contribution in [0.2, 0.25) is 0 Å². The standard InChI is InChI=1S/C27H24FN3O4/c1-17-9-10-25(29-14-17)35-16-19-8-5-11-30(19)24-13-23-20(12-22(24)28)26(32)21(27(33)34)15-31(23)18-6-3-2-4-7-18/h2-4,6-7,9-10,12-15,19H,5,8,11,16H2,1H3,(H,33,34)/t19-/m1/s1. The lowest BCUT2D eigenvalue weighted by atomic mass is 10.1. The molecule has 0 spiro atoms. The first kappa shape index (κ1) is 22.6. The highest BCUT2D eigenvalue weighted by Crippen LogP contribution is 2.32.